The van der Waals surface area contributed by atoms with Crippen LogP contribution in [-0.2, 0) is 0 Å². The number of hydrogen-bond acceptors (Lipinski definition) is 7. The second kappa shape index (κ2) is 6.15. The predicted molar refractivity (Wildman–Crippen MR) is 88.4 cm³/mol. The van der Waals surface area contributed by atoms with Crippen molar-refractivity contribution in [3.8, 4) is 0 Å². The molecule has 0 spiro atoms. The molecule has 1 fully saturated rings. The molecule has 1 aliphatic carbocycles. The van der Waals surface area contributed by atoms with E-state index in [1.54, 1.807) is 11.3 Å². The molecule has 0 aliphatic heterocycles. The molecule has 0 radical (unpaired) electrons. The van der Waals surface area contributed by atoms with Gasteiger partial charge in [0.05, 0.1) is 10.2 Å². The molecule has 1 saturated carbocycles. The molecule has 0 saturated heterocycles. The van der Waals surface area contributed by atoms with Crippen LogP contribution in [0.2, 0.25) is 0 Å². The Morgan fingerprint density at radius 1 is 1.45 bits per heavy atom. The average molecular weight is 309 g/mol. The molecule has 108 valence electrons. The summed E-state index contributed by atoms with van der Waals surface area (Å²) in [7, 11) is 0. The van der Waals surface area contributed by atoms with Crippen LogP contribution in [0.4, 0.5) is 11.8 Å². The van der Waals surface area contributed by atoms with Crippen LogP contribution in [0, 0.1) is 0 Å². The Balaban J connectivity index is 1.78. The number of hydrogen-bond donors (Lipinski definition) is 3. The lowest BCUT2D eigenvalue weighted by Gasteiger charge is -2.15. The number of aromatic nitrogens is 2. The Hall–Kier alpha value is -1.05. The maximum atomic E-state index is 5.45. The number of nitrogens with two attached hydrogens (primary N) is 1. The SMILES string of the molecule is CCSC1CCC(Nc2nc(NN)nc3ccsc23)C1. The van der Waals surface area contributed by atoms with Crippen molar-refractivity contribution in [3.05, 3.63) is 11.4 Å². The fraction of sp³-hybridized carbons (Fsp3) is 0.538. The van der Waals surface area contributed by atoms with Crippen LogP contribution in [0.15, 0.2) is 11.4 Å². The van der Waals surface area contributed by atoms with Crippen molar-refractivity contribution in [1.82, 2.24) is 9.97 Å². The lowest BCUT2D eigenvalue weighted by molar-refractivity contribution is 0.753. The third-order valence-corrected chi connectivity index (χ3v) is 5.70. The van der Waals surface area contributed by atoms with Crippen LogP contribution in [-0.4, -0.2) is 27.0 Å². The minimum Gasteiger partial charge on any atom is -0.366 e. The second-order valence-electron chi connectivity index (χ2n) is 4.91. The lowest BCUT2D eigenvalue weighted by Crippen LogP contribution is -2.18. The first-order valence-corrected chi connectivity index (χ1v) is 8.83. The van der Waals surface area contributed by atoms with Crippen LogP contribution in [0.3, 0.4) is 0 Å². The largest absolute Gasteiger partial charge is 0.366 e. The van der Waals surface area contributed by atoms with Crippen molar-refractivity contribution in [2.24, 2.45) is 5.84 Å². The van der Waals surface area contributed by atoms with Crippen molar-refractivity contribution in [1.29, 1.82) is 0 Å². The van der Waals surface area contributed by atoms with Gasteiger partial charge in [-0.05, 0) is 36.5 Å². The van der Waals surface area contributed by atoms with E-state index in [0.717, 1.165) is 21.3 Å². The van der Waals surface area contributed by atoms with E-state index in [1.165, 1.54) is 25.0 Å². The summed E-state index contributed by atoms with van der Waals surface area (Å²) in [6.45, 7) is 2.23. The van der Waals surface area contributed by atoms with Gasteiger partial charge in [-0.25, -0.2) is 10.8 Å². The van der Waals surface area contributed by atoms with Gasteiger partial charge in [0.25, 0.3) is 0 Å². The molecule has 2 aromatic heterocycles. The Morgan fingerprint density at radius 2 is 2.35 bits per heavy atom. The van der Waals surface area contributed by atoms with Crippen LogP contribution in [0.25, 0.3) is 10.2 Å². The number of rotatable bonds is 5. The van der Waals surface area contributed by atoms with E-state index in [4.69, 9.17) is 5.84 Å². The fourth-order valence-electron chi connectivity index (χ4n) is 2.68. The smallest absolute Gasteiger partial charge is 0.239 e. The zero-order chi connectivity index (χ0) is 13.9. The summed E-state index contributed by atoms with van der Waals surface area (Å²) in [5.41, 5.74) is 3.48. The van der Waals surface area contributed by atoms with Gasteiger partial charge in [0.1, 0.15) is 5.82 Å². The van der Waals surface area contributed by atoms with Crippen molar-refractivity contribution < 1.29 is 0 Å². The number of fused-ring (bicyclic) bond motifs is 1. The van der Waals surface area contributed by atoms with Crippen molar-refractivity contribution in [2.75, 3.05) is 16.5 Å². The third-order valence-electron chi connectivity index (χ3n) is 3.56. The van der Waals surface area contributed by atoms with Crippen LogP contribution < -0.4 is 16.6 Å². The lowest BCUT2D eigenvalue weighted by atomic mass is 10.2. The molecule has 5 nitrogen and oxygen atoms in total. The Bertz CT molecular complexity index is 585. The summed E-state index contributed by atoms with van der Waals surface area (Å²) >= 11 is 3.73. The van der Waals surface area contributed by atoms with Gasteiger partial charge in [0, 0.05) is 11.3 Å². The van der Waals surface area contributed by atoms with Gasteiger partial charge in [-0.15, -0.1) is 11.3 Å². The molecule has 20 heavy (non-hydrogen) atoms. The summed E-state index contributed by atoms with van der Waals surface area (Å²) in [5.74, 6) is 8.02. The number of nitrogens with zero attached hydrogens (tertiary/aromatic N) is 2. The van der Waals surface area contributed by atoms with E-state index in [0.29, 0.717) is 12.0 Å². The number of thioether (sulfide) groups is 1. The summed E-state index contributed by atoms with van der Waals surface area (Å²) in [6.07, 6.45) is 3.71. The number of anilines is 2. The molecule has 2 atom stereocenters. The highest BCUT2D eigenvalue weighted by Gasteiger charge is 2.25. The predicted octanol–water partition coefficient (Wildman–Crippen LogP) is 3.06. The van der Waals surface area contributed by atoms with E-state index >= 15 is 0 Å². The van der Waals surface area contributed by atoms with Crippen LogP contribution in [0.5, 0.6) is 0 Å². The van der Waals surface area contributed by atoms with Gasteiger partial charge in [0.15, 0.2) is 0 Å². The quantitative estimate of drug-likeness (QED) is 0.582. The minimum absolute atomic E-state index is 0.468. The molecule has 2 heterocycles. The summed E-state index contributed by atoms with van der Waals surface area (Å²) in [6, 6.07) is 2.50. The van der Waals surface area contributed by atoms with Crippen molar-refractivity contribution in [3.63, 3.8) is 0 Å². The maximum absolute atomic E-state index is 5.45. The normalized spacial score (nSPS) is 22.3. The number of nitrogens with one attached hydrogen (secondary N) is 2. The van der Waals surface area contributed by atoms with Gasteiger partial charge in [-0.1, -0.05) is 6.92 Å². The van der Waals surface area contributed by atoms with Crippen LogP contribution >= 0.6 is 23.1 Å². The van der Waals surface area contributed by atoms with Gasteiger partial charge in [-0.3, -0.25) is 5.43 Å². The highest BCUT2D eigenvalue weighted by molar-refractivity contribution is 7.99. The Morgan fingerprint density at radius 3 is 3.15 bits per heavy atom. The molecular formula is C13H19N5S2. The molecule has 0 bridgehead atoms. The van der Waals surface area contributed by atoms with E-state index in [-0.39, 0.29) is 0 Å². The van der Waals surface area contributed by atoms with E-state index in [1.807, 2.05) is 11.4 Å². The first-order valence-electron chi connectivity index (χ1n) is 6.90. The number of hydrazine groups is 1. The third kappa shape index (κ3) is 2.84. The first-order chi connectivity index (χ1) is 9.80. The van der Waals surface area contributed by atoms with Gasteiger partial charge < -0.3 is 5.32 Å². The fourth-order valence-corrected chi connectivity index (χ4v) is 4.60. The van der Waals surface area contributed by atoms with Crippen molar-refractivity contribution >= 4 is 45.1 Å². The van der Waals surface area contributed by atoms with Gasteiger partial charge >= 0.3 is 0 Å². The van der Waals surface area contributed by atoms with E-state index in [2.05, 4.69) is 39.4 Å². The van der Waals surface area contributed by atoms with Gasteiger partial charge in [0.2, 0.25) is 5.95 Å². The summed E-state index contributed by atoms with van der Waals surface area (Å²) < 4.78 is 1.11. The number of nitrogen functional groups attached to an aromatic ring is 1. The molecule has 0 amide bonds. The monoisotopic (exact) mass is 309 g/mol. The van der Waals surface area contributed by atoms with Crippen molar-refractivity contribution in [2.45, 2.75) is 37.5 Å². The molecule has 4 N–H and O–H groups in total. The van der Waals surface area contributed by atoms with Gasteiger partial charge in [-0.2, -0.15) is 16.7 Å². The minimum atomic E-state index is 0.468. The molecule has 3 rings (SSSR count). The highest BCUT2D eigenvalue weighted by Crippen LogP contribution is 2.34. The average Bonchev–Trinajstić information content (AvgIpc) is 3.08. The molecule has 7 heteroatoms. The molecule has 2 unspecified atom stereocenters. The first kappa shape index (κ1) is 13.9. The molecule has 1 aliphatic rings. The summed E-state index contributed by atoms with van der Waals surface area (Å²) in [4.78, 5) is 8.82. The zero-order valence-electron chi connectivity index (χ0n) is 11.4. The standard InChI is InChI=1S/C13H19N5S2/c1-2-19-9-4-3-8(7-9)15-12-11-10(5-6-20-11)16-13(17-12)18-14/h5-6,8-9H,2-4,7,14H2,1H3,(H2,15,16,17,18). The molecule has 0 aromatic carbocycles. The topological polar surface area (TPSA) is 75.9 Å². The molecular weight excluding hydrogens is 290 g/mol. The zero-order valence-corrected chi connectivity index (χ0v) is 13.1. The Kier molecular flexibility index (Phi) is 4.28. The second-order valence-corrected chi connectivity index (χ2v) is 7.40. The van der Waals surface area contributed by atoms with E-state index < -0.39 is 0 Å². The van der Waals surface area contributed by atoms with E-state index in [9.17, 15) is 0 Å². The maximum Gasteiger partial charge on any atom is 0.239 e. The number of thiophene rings is 1. The summed E-state index contributed by atoms with van der Waals surface area (Å²) in [5, 5.41) is 6.40. The van der Waals surface area contributed by atoms with Crippen LogP contribution in [0.1, 0.15) is 26.2 Å². The Labute approximate surface area is 126 Å². The highest BCUT2D eigenvalue weighted by atomic mass is 32.2. The molecule has 2 aromatic rings.